The first kappa shape index (κ1) is 13.3. The first-order valence-corrected chi connectivity index (χ1v) is 5.86. The highest BCUT2D eigenvalue weighted by Crippen LogP contribution is 2.14. The van der Waals surface area contributed by atoms with Crippen LogP contribution >= 0.6 is 11.6 Å². The SMILES string of the molecule is Cc1nc(CCNc2cc(C(=O)O)cc(Cl)n2)no1. The molecule has 19 heavy (non-hydrogen) atoms. The van der Waals surface area contributed by atoms with E-state index in [1.807, 2.05) is 0 Å². The molecule has 0 radical (unpaired) electrons. The average molecular weight is 283 g/mol. The molecule has 0 unspecified atom stereocenters. The number of rotatable bonds is 5. The number of carboxylic acids is 1. The van der Waals surface area contributed by atoms with Gasteiger partial charge in [-0.1, -0.05) is 16.8 Å². The van der Waals surface area contributed by atoms with Gasteiger partial charge in [0.15, 0.2) is 5.82 Å². The van der Waals surface area contributed by atoms with E-state index in [0.717, 1.165) is 0 Å². The van der Waals surface area contributed by atoms with Crippen molar-refractivity contribution in [3.05, 3.63) is 34.6 Å². The van der Waals surface area contributed by atoms with Crippen molar-refractivity contribution in [3.63, 3.8) is 0 Å². The first-order chi connectivity index (χ1) is 9.04. The van der Waals surface area contributed by atoms with Gasteiger partial charge in [0.2, 0.25) is 5.89 Å². The summed E-state index contributed by atoms with van der Waals surface area (Å²) in [5.74, 6) is 0.417. The Morgan fingerprint density at radius 2 is 2.26 bits per heavy atom. The molecule has 0 saturated carbocycles. The molecule has 0 aliphatic carbocycles. The van der Waals surface area contributed by atoms with Gasteiger partial charge in [0, 0.05) is 19.9 Å². The van der Waals surface area contributed by atoms with Crippen molar-refractivity contribution in [2.24, 2.45) is 0 Å². The topological polar surface area (TPSA) is 101 Å². The van der Waals surface area contributed by atoms with Crippen molar-refractivity contribution in [2.45, 2.75) is 13.3 Å². The van der Waals surface area contributed by atoms with Crippen molar-refractivity contribution in [1.82, 2.24) is 15.1 Å². The fraction of sp³-hybridized carbons (Fsp3) is 0.273. The molecule has 2 aromatic rings. The number of aryl methyl sites for hydroxylation is 1. The minimum Gasteiger partial charge on any atom is -0.478 e. The summed E-state index contributed by atoms with van der Waals surface area (Å²) in [6, 6.07) is 2.70. The van der Waals surface area contributed by atoms with Crippen molar-refractivity contribution >= 4 is 23.4 Å². The number of carbonyl (C=O) groups is 1. The van der Waals surface area contributed by atoms with Crippen LogP contribution in [0.15, 0.2) is 16.7 Å². The fourth-order valence-electron chi connectivity index (χ4n) is 1.46. The van der Waals surface area contributed by atoms with Crippen LogP contribution in [0, 0.1) is 6.92 Å². The number of halogens is 1. The molecule has 100 valence electrons. The van der Waals surface area contributed by atoms with Crippen molar-refractivity contribution in [1.29, 1.82) is 0 Å². The van der Waals surface area contributed by atoms with E-state index < -0.39 is 5.97 Å². The van der Waals surface area contributed by atoms with Gasteiger partial charge in [-0.15, -0.1) is 0 Å². The monoisotopic (exact) mass is 282 g/mol. The van der Waals surface area contributed by atoms with E-state index in [1.54, 1.807) is 6.92 Å². The molecule has 0 spiro atoms. The highest BCUT2D eigenvalue weighted by Gasteiger charge is 2.08. The maximum absolute atomic E-state index is 10.9. The van der Waals surface area contributed by atoms with Crippen LogP contribution in [0.1, 0.15) is 22.1 Å². The number of hydrogen-bond acceptors (Lipinski definition) is 6. The van der Waals surface area contributed by atoms with Crippen LogP contribution in [0.25, 0.3) is 0 Å². The maximum Gasteiger partial charge on any atom is 0.335 e. The Bertz CT molecular complexity index is 599. The average Bonchev–Trinajstić information content (AvgIpc) is 2.74. The zero-order chi connectivity index (χ0) is 13.8. The van der Waals surface area contributed by atoms with Gasteiger partial charge in [-0.3, -0.25) is 0 Å². The number of pyridine rings is 1. The van der Waals surface area contributed by atoms with Crippen LogP contribution in [0.3, 0.4) is 0 Å². The van der Waals surface area contributed by atoms with Crippen LogP contribution in [-0.4, -0.2) is 32.7 Å². The Balaban J connectivity index is 1.97. The van der Waals surface area contributed by atoms with Gasteiger partial charge in [-0.2, -0.15) is 4.98 Å². The molecule has 2 N–H and O–H groups in total. The van der Waals surface area contributed by atoms with Crippen LogP contribution in [0.2, 0.25) is 5.15 Å². The van der Waals surface area contributed by atoms with E-state index in [4.69, 9.17) is 21.2 Å². The molecule has 2 heterocycles. The second-order valence-corrected chi connectivity index (χ2v) is 4.16. The lowest BCUT2D eigenvalue weighted by atomic mass is 10.2. The van der Waals surface area contributed by atoms with Gasteiger partial charge in [0.25, 0.3) is 0 Å². The lowest BCUT2D eigenvalue weighted by molar-refractivity contribution is 0.0697. The third-order valence-electron chi connectivity index (χ3n) is 2.27. The Morgan fingerprint density at radius 3 is 2.89 bits per heavy atom. The van der Waals surface area contributed by atoms with Gasteiger partial charge >= 0.3 is 5.97 Å². The Morgan fingerprint density at radius 1 is 1.47 bits per heavy atom. The van der Waals surface area contributed by atoms with Crippen LogP contribution < -0.4 is 5.32 Å². The summed E-state index contributed by atoms with van der Waals surface area (Å²) in [6.45, 7) is 2.20. The summed E-state index contributed by atoms with van der Waals surface area (Å²) in [5, 5.41) is 15.7. The van der Waals surface area contributed by atoms with Crippen molar-refractivity contribution in [2.75, 3.05) is 11.9 Å². The predicted octanol–water partition coefficient (Wildman–Crippen LogP) is 1.78. The molecule has 8 heteroatoms. The van der Waals surface area contributed by atoms with Crippen LogP contribution in [-0.2, 0) is 6.42 Å². The normalized spacial score (nSPS) is 10.4. The largest absolute Gasteiger partial charge is 0.478 e. The minimum atomic E-state index is -1.05. The number of nitrogens with one attached hydrogen (secondary N) is 1. The van der Waals surface area contributed by atoms with E-state index in [9.17, 15) is 4.79 Å². The fourth-order valence-corrected chi connectivity index (χ4v) is 1.66. The molecule has 0 saturated heterocycles. The number of hydrogen-bond donors (Lipinski definition) is 2. The van der Waals surface area contributed by atoms with Gasteiger partial charge in [0.05, 0.1) is 5.56 Å². The number of nitrogens with zero attached hydrogens (tertiary/aromatic N) is 3. The molecule has 0 bridgehead atoms. The van der Waals surface area contributed by atoms with Crippen molar-refractivity contribution < 1.29 is 14.4 Å². The van der Waals surface area contributed by atoms with E-state index in [-0.39, 0.29) is 10.7 Å². The van der Waals surface area contributed by atoms with E-state index >= 15 is 0 Å². The molecule has 0 amide bonds. The molecule has 0 aliphatic heterocycles. The van der Waals surface area contributed by atoms with Crippen LogP contribution in [0.4, 0.5) is 5.82 Å². The summed E-state index contributed by atoms with van der Waals surface area (Å²) in [7, 11) is 0. The van der Waals surface area contributed by atoms with Crippen LogP contribution in [0.5, 0.6) is 0 Å². The van der Waals surface area contributed by atoms with Gasteiger partial charge in [-0.25, -0.2) is 9.78 Å². The highest BCUT2D eigenvalue weighted by atomic mass is 35.5. The number of anilines is 1. The summed E-state index contributed by atoms with van der Waals surface area (Å²) in [5.41, 5.74) is 0.0814. The molecule has 0 aliphatic rings. The molecule has 0 fully saturated rings. The highest BCUT2D eigenvalue weighted by molar-refractivity contribution is 6.29. The Labute approximate surface area is 113 Å². The second-order valence-electron chi connectivity index (χ2n) is 3.78. The number of carboxylic acid groups (broad SMARTS) is 1. The predicted molar refractivity (Wildman–Crippen MR) is 67.4 cm³/mol. The zero-order valence-electron chi connectivity index (χ0n) is 10.1. The third-order valence-corrected chi connectivity index (χ3v) is 2.46. The van der Waals surface area contributed by atoms with E-state index in [1.165, 1.54) is 12.1 Å². The summed E-state index contributed by atoms with van der Waals surface area (Å²) < 4.78 is 4.83. The Hall–Kier alpha value is -2.15. The quantitative estimate of drug-likeness (QED) is 0.806. The second kappa shape index (κ2) is 5.66. The summed E-state index contributed by atoms with van der Waals surface area (Å²) in [4.78, 5) is 18.9. The summed E-state index contributed by atoms with van der Waals surface area (Å²) >= 11 is 5.74. The van der Waals surface area contributed by atoms with E-state index in [2.05, 4.69) is 20.4 Å². The van der Waals surface area contributed by atoms with E-state index in [0.29, 0.717) is 30.5 Å². The molecule has 0 aromatic carbocycles. The zero-order valence-corrected chi connectivity index (χ0v) is 10.8. The lowest BCUT2D eigenvalue weighted by Gasteiger charge is -2.05. The Kier molecular flexibility index (Phi) is 3.96. The number of aromatic carboxylic acids is 1. The lowest BCUT2D eigenvalue weighted by Crippen LogP contribution is -2.08. The molecule has 0 atom stereocenters. The maximum atomic E-state index is 10.9. The standard InChI is InChI=1S/C11H11ClN4O3/c1-6-14-9(16-19-6)2-3-13-10-5-7(11(17)18)4-8(12)15-10/h4-5H,2-3H2,1H3,(H,13,15)(H,17,18). The van der Waals surface area contributed by atoms with Crippen molar-refractivity contribution in [3.8, 4) is 0 Å². The van der Waals surface area contributed by atoms with Gasteiger partial charge in [-0.05, 0) is 12.1 Å². The smallest absolute Gasteiger partial charge is 0.335 e. The third kappa shape index (κ3) is 3.65. The summed E-state index contributed by atoms with van der Waals surface area (Å²) in [6.07, 6.45) is 0.536. The van der Waals surface area contributed by atoms with Gasteiger partial charge in [0.1, 0.15) is 11.0 Å². The van der Waals surface area contributed by atoms with Gasteiger partial charge < -0.3 is 14.9 Å². The molecule has 2 aromatic heterocycles. The molecular weight excluding hydrogens is 272 g/mol. The molecule has 2 rings (SSSR count). The minimum absolute atomic E-state index is 0.0814. The molecule has 7 nitrogen and oxygen atoms in total. The first-order valence-electron chi connectivity index (χ1n) is 5.48. The molecular formula is C11H11ClN4O3. The number of aromatic nitrogens is 3.